The molecule has 24 heavy (non-hydrogen) atoms. The molecule has 1 saturated carbocycles. The Bertz CT molecular complexity index is 579. The van der Waals surface area contributed by atoms with Crippen LogP contribution in [-0.4, -0.2) is 32.8 Å². The molecule has 5 nitrogen and oxygen atoms in total. The maximum Gasteiger partial charge on any atom is 0.191 e. The van der Waals surface area contributed by atoms with Crippen LogP contribution in [0.25, 0.3) is 0 Å². The van der Waals surface area contributed by atoms with E-state index in [0.717, 1.165) is 36.2 Å². The van der Waals surface area contributed by atoms with Crippen molar-refractivity contribution in [2.75, 3.05) is 26.8 Å². The van der Waals surface area contributed by atoms with Crippen molar-refractivity contribution >= 4 is 41.5 Å². The van der Waals surface area contributed by atoms with E-state index in [1.165, 1.54) is 19.3 Å². The fraction of sp³-hybridized carbons (Fsp3) is 0.588. The lowest BCUT2D eigenvalue weighted by molar-refractivity contribution is 0.297. The number of nitrogens with zero attached hydrogens (tertiary/aromatic N) is 1. The second-order valence-electron chi connectivity index (χ2n) is 6.06. The first-order chi connectivity index (χ1) is 11.3. The SMILES string of the molecule is CN=C(NCc1cc(Cl)c2c(c1)OCCCO2)NCC1CCC1.I. The van der Waals surface area contributed by atoms with Gasteiger partial charge in [0.2, 0.25) is 0 Å². The Balaban J connectivity index is 0.00000208. The summed E-state index contributed by atoms with van der Waals surface area (Å²) in [5.74, 6) is 2.99. The third kappa shape index (κ3) is 5.05. The quantitative estimate of drug-likeness (QED) is 0.405. The van der Waals surface area contributed by atoms with E-state index in [1.807, 2.05) is 12.1 Å². The summed E-state index contributed by atoms with van der Waals surface area (Å²) in [7, 11) is 1.79. The standard InChI is InChI=1S/C17H24ClN3O2.HI/c1-19-17(20-10-12-4-2-5-12)21-11-13-8-14(18)16-15(9-13)22-6-3-7-23-16;/h8-9,12H,2-7,10-11H2,1H3,(H2,19,20,21);1H. The Hall–Kier alpha value is -0.890. The van der Waals surface area contributed by atoms with Gasteiger partial charge in [-0.25, -0.2) is 0 Å². The molecule has 2 aliphatic rings. The minimum atomic E-state index is 0. The molecule has 1 aliphatic carbocycles. The van der Waals surface area contributed by atoms with Crippen LogP contribution < -0.4 is 20.1 Å². The van der Waals surface area contributed by atoms with Gasteiger partial charge in [0.05, 0.1) is 18.2 Å². The number of nitrogens with one attached hydrogen (secondary N) is 2. The number of fused-ring (bicyclic) bond motifs is 1. The van der Waals surface area contributed by atoms with E-state index in [1.54, 1.807) is 7.05 Å². The highest BCUT2D eigenvalue weighted by Crippen LogP contribution is 2.37. The van der Waals surface area contributed by atoms with E-state index in [0.29, 0.717) is 30.5 Å². The first-order valence-electron chi connectivity index (χ1n) is 8.29. The molecule has 1 fully saturated rings. The largest absolute Gasteiger partial charge is 0.489 e. The van der Waals surface area contributed by atoms with E-state index < -0.39 is 0 Å². The van der Waals surface area contributed by atoms with Crippen LogP contribution in [0.5, 0.6) is 11.5 Å². The number of rotatable bonds is 4. The molecule has 0 amide bonds. The molecule has 1 aromatic carbocycles. The predicted molar refractivity (Wildman–Crippen MR) is 108 cm³/mol. The van der Waals surface area contributed by atoms with E-state index in [-0.39, 0.29) is 24.0 Å². The molecule has 0 atom stereocenters. The zero-order chi connectivity index (χ0) is 16.1. The van der Waals surface area contributed by atoms with Gasteiger partial charge in [0.1, 0.15) is 0 Å². The van der Waals surface area contributed by atoms with Crippen LogP contribution in [0, 0.1) is 5.92 Å². The van der Waals surface area contributed by atoms with Crippen molar-refractivity contribution < 1.29 is 9.47 Å². The maximum atomic E-state index is 6.32. The Morgan fingerprint density at radius 1 is 1.21 bits per heavy atom. The van der Waals surface area contributed by atoms with E-state index >= 15 is 0 Å². The highest BCUT2D eigenvalue weighted by Gasteiger charge is 2.18. The Morgan fingerprint density at radius 2 is 2.00 bits per heavy atom. The van der Waals surface area contributed by atoms with Gasteiger partial charge in [-0.2, -0.15) is 0 Å². The zero-order valence-electron chi connectivity index (χ0n) is 13.9. The summed E-state index contributed by atoms with van der Waals surface area (Å²) in [6, 6.07) is 3.90. The molecule has 7 heteroatoms. The van der Waals surface area contributed by atoms with Gasteiger partial charge in [0.15, 0.2) is 17.5 Å². The van der Waals surface area contributed by atoms with Gasteiger partial charge in [0.25, 0.3) is 0 Å². The molecule has 2 N–H and O–H groups in total. The average Bonchev–Trinajstić information content (AvgIpc) is 2.74. The highest BCUT2D eigenvalue weighted by molar-refractivity contribution is 14.0. The summed E-state index contributed by atoms with van der Waals surface area (Å²) >= 11 is 6.32. The summed E-state index contributed by atoms with van der Waals surface area (Å²) in [4.78, 5) is 4.26. The van der Waals surface area contributed by atoms with Gasteiger partial charge >= 0.3 is 0 Å². The summed E-state index contributed by atoms with van der Waals surface area (Å²) in [6.45, 7) is 2.93. The van der Waals surface area contributed by atoms with Gasteiger partial charge in [-0.15, -0.1) is 24.0 Å². The van der Waals surface area contributed by atoms with Crippen molar-refractivity contribution in [3.05, 3.63) is 22.7 Å². The number of hydrogen-bond donors (Lipinski definition) is 2. The molecular weight excluding hydrogens is 441 g/mol. The zero-order valence-corrected chi connectivity index (χ0v) is 17.0. The molecule has 1 aliphatic heterocycles. The normalized spacial score (nSPS) is 17.3. The smallest absolute Gasteiger partial charge is 0.191 e. The van der Waals surface area contributed by atoms with Gasteiger partial charge in [-0.05, 0) is 36.5 Å². The van der Waals surface area contributed by atoms with Gasteiger partial charge in [0, 0.05) is 26.6 Å². The fourth-order valence-electron chi connectivity index (χ4n) is 2.73. The lowest BCUT2D eigenvalue weighted by Gasteiger charge is -2.26. The molecule has 3 rings (SSSR count). The molecule has 1 aromatic rings. The molecule has 0 unspecified atom stereocenters. The van der Waals surface area contributed by atoms with Gasteiger partial charge in [-0.1, -0.05) is 18.0 Å². The molecular formula is C17H25ClIN3O2. The Labute approximate surface area is 165 Å². The van der Waals surface area contributed by atoms with Gasteiger partial charge in [-0.3, -0.25) is 4.99 Å². The van der Waals surface area contributed by atoms with Gasteiger partial charge < -0.3 is 20.1 Å². The lowest BCUT2D eigenvalue weighted by Crippen LogP contribution is -2.40. The molecule has 0 bridgehead atoms. The summed E-state index contributed by atoms with van der Waals surface area (Å²) in [5.41, 5.74) is 1.05. The number of ether oxygens (including phenoxy) is 2. The molecule has 0 aromatic heterocycles. The van der Waals surface area contributed by atoms with Crippen LogP contribution in [0.3, 0.4) is 0 Å². The first kappa shape index (κ1) is 19.4. The second kappa shape index (κ2) is 9.56. The molecule has 0 saturated heterocycles. The van der Waals surface area contributed by atoms with E-state index in [4.69, 9.17) is 21.1 Å². The van der Waals surface area contributed by atoms with Crippen LogP contribution in [0.4, 0.5) is 0 Å². The Kier molecular flexibility index (Phi) is 7.74. The molecule has 0 radical (unpaired) electrons. The van der Waals surface area contributed by atoms with Crippen LogP contribution in [0.1, 0.15) is 31.2 Å². The van der Waals surface area contributed by atoms with Crippen molar-refractivity contribution in [2.45, 2.75) is 32.2 Å². The van der Waals surface area contributed by atoms with Crippen molar-refractivity contribution in [2.24, 2.45) is 10.9 Å². The summed E-state index contributed by atoms with van der Waals surface area (Å²) < 4.78 is 11.4. The summed E-state index contributed by atoms with van der Waals surface area (Å²) in [5, 5.41) is 7.30. The van der Waals surface area contributed by atoms with Crippen LogP contribution in [0.2, 0.25) is 5.02 Å². The fourth-order valence-corrected chi connectivity index (χ4v) is 3.02. The molecule has 1 heterocycles. The predicted octanol–water partition coefficient (Wildman–Crippen LogP) is 3.58. The van der Waals surface area contributed by atoms with Crippen molar-refractivity contribution in [3.8, 4) is 11.5 Å². The number of benzene rings is 1. The molecule has 134 valence electrons. The third-order valence-electron chi connectivity index (χ3n) is 4.33. The van der Waals surface area contributed by atoms with Crippen molar-refractivity contribution in [1.29, 1.82) is 0 Å². The van der Waals surface area contributed by atoms with Crippen LogP contribution >= 0.6 is 35.6 Å². The summed E-state index contributed by atoms with van der Waals surface area (Å²) in [6.07, 6.45) is 4.87. The molecule has 0 spiro atoms. The topological polar surface area (TPSA) is 54.9 Å². The van der Waals surface area contributed by atoms with E-state index in [2.05, 4.69) is 15.6 Å². The average molecular weight is 466 g/mol. The number of hydrogen-bond acceptors (Lipinski definition) is 3. The van der Waals surface area contributed by atoms with E-state index in [9.17, 15) is 0 Å². The monoisotopic (exact) mass is 465 g/mol. The first-order valence-corrected chi connectivity index (χ1v) is 8.66. The maximum absolute atomic E-state index is 6.32. The van der Waals surface area contributed by atoms with Crippen LogP contribution in [-0.2, 0) is 6.54 Å². The third-order valence-corrected chi connectivity index (χ3v) is 4.61. The van der Waals surface area contributed by atoms with Crippen LogP contribution in [0.15, 0.2) is 17.1 Å². The Morgan fingerprint density at radius 3 is 2.71 bits per heavy atom. The second-order valence-corrected chi connectivity index (χ2v) is 6.47. The number of halogens is 2. The minimum absolute atomic E-state index is 0. The highest BCUT2D eigenvalue weighted by atomic mass is 127. The minimum Gasteiger partial charge on any atom is -0.489 e. The number of aliphatic imine (C=N–C) groups is 1. The lowest BCUT2D eigenvalue weighted by atomic mass is 9.85. The van der Waals surface area contributed by atoms with Crippen molar-refractivity contribution in [3.63, 3.8) is 0 Å². The number of guanidine groups is 1. The van der Waals surface area contributed by atoms with Crippen molar-refractivity contribution in [1.82, 2.24) is 10.6 Å².